The molecule has 6 heteroatoms. The van der Waals surface area contributed by atoms with E-state index in [-0.39, 0.29) is 11.9 Å². The van der Waals surface area contributed by atoms with Crippen molar-refractivity contribution in [2.24, 2.45) is 5.92 Å². The van der Waals surface area contributed by atoms with E-state index in [2.05, 4.69) is 31.6 Å². The molecular weight excluding hydrogens is 302 g/mol. The first-order valence-electron chi connectivity index (χ1n) is 9.23. The minimum Gasteiger partial charge on any atom is -0.367 e. The number of nitrogens with zero attached hydrogens (tertiary/aromatic N) is 3. The minimum atomic E-state index is 0.167. The highest BCUT2D eigenvalue weighted by atomic mass is 16.1. The SMILES string of the molecule is CC(C)NC(=O)CCC1CCCN(c2cc(NC3CC3)ncn2)C1. The van der Waals surface area contributed by atoms with Crippen LogP contribution in [0.25, 0.3) is 0 Å². The van der Waals surface area contributed by atoms with E-state index in [1.54, 1.807) is 6.33 Å². The van der Waals surface area contributed by atoms with Crippen molar-refractivity contribution in [1.82, 2.24) is 15.3 Å². The lowest BCUT2D eigenvalue weighted by Crippen LogP contribution is -2.37. The lowest BCUT2D eigenvalue weighted by atomic mass is 9.93. The summed E-state index contributed by atoms with van der Waals surface area (Å²) in [5.74, 6) is 2.66. The molecule has 1 aromatic rings. The average molecular weight is 331 g/mol. The van der Waals surface area contributed by atoms with Gasteiger partial charge in [0.1, 0.15) is 18.0 Å². The van der Waals surface area contributed by atoms with Gasteiger partial charge in [0.25, 0.3) is 0 Å². The molecule has 1 amide bonds. The van der Waals surface area contributed by atoms with Crippen LogP contribution in [-0.4, -0.2) is 41.0 Å². The molecule has 1 saturated carbocycles. The number of anilines is 2. The second-order valence-corrected chi connectivity index (χ2v) is 7.40. The molecule has 1 atom stereocenters. The summed E-state index contributed by atoms with van der Waals surface area (Å²) in [7, 11) is 0. The smallest absolute Gasteiger partial charge is 0.220 e. The van der Waals surface area contributed by atoms with Crippen LogP contribution in [-0.2, 0) is 4.79 Å². The molecule has 3 rings (SSSR count). The number of carbonyl (C=O) groups excluding carboxylic acids is 1. The van der Waals surface area contributed by atoms with Crippen LogP contribution >= 0.6 is 0 Å². The highest BCUT2D eigenvalue weighted by Gasteiger charge is 2.24. The van der Waals surface area contributed by atoms with Crippen molar-refractivity contribution in [3.8, 4) is 0 Å². The van der Waals surface area contributed by atoms with Crippen molar-refractivity contribution in [2.75, 3.05) is 23.3 Å². The Bertz CT molecular complexity index is 558. The topological polar surface area (TPSA) is 70.2 Å². The van der Waals surface area contributed by atoms with Gasteiger partial charge in [-0.1, -0.05) is 0 Å². The van der Waals surface area contributed by atoms with Gasteiger partial charge in [0.05, 0.1) is 0 Å². The molecule has 6 nitrogen and oxygen atoms in total. The summed E-state index contributed by atoms with van der Waals surface area (Å²) in [6.45, 7) is 6.02. The Morgan fingerprint density at radius 3 is 2.92 bits per heavy atom. The molecule has 132 valence electrons. The fraction of sp³-hybridized carbons (Fsp3) is 0.722. The first-order chi connectivity index (χ1) is 11.6. The molecule has 1 aromatic heterocycles. The number of carbonyl (C=O) groups is 1. The predicted octanol–water partition coefficient (Wildman–Crippen LogP) is 2.57. The maximum Gasteiger partial charge on any atom is 0.220 e. The molecule has 1 aliphatic carbocycles. The predicted molar refractivity (Wildman–Crippen MR) is 96.1 cm³/mol. The second kappa shape index (κ2) is 7.81. The summed E-state index contributed by atoms with van der Waals surface area (Å²) in [5.41, 5.74) is 0. The number of aromatic nitrogens is 2. The van der Waals surface area contributed by atoms with Gasteiger partial charge in [-0.25, -0.2) is 9.97 Å². The average Bonchev–Trinajstić information content (AvgIpc) is 3.37. The molecule has 2 aliphatic rings. The fourth-order valence-electron chi connectivity index (χ4n) is 3.27. The molecule has 2 fully saturated rings. The van der Waals surface area contributed by atoms with Gasteiger partial charge in [0, 0.05) is 37.7 Å². The number of hydrogen-bond donors (Lipinski definition) is 2. The highest BCUT2D eigenvalue weighted by Crippen LogP contribution is 2.27. The van der Waals surface area contributed by atoms with E-state index in [9.17, 15) is 4.79 Å². The van der Waals surface area contributed by atoms with Gasteiger partial charge in [-0.2, -0.15) is 0 Å². The van der Waals surface area contributed by atoms with Crippen LogP contribution in [0.2, 0.25) is 0 Å². The third kappa shape index (κ3) is 5.08. The molecule has 0 aromatic carbocycles. The van der Waals surface area contributed by atoms with Crippen molar-refractivity contribution < 1.29 is 4.79 Å². The molecule has 2 N–H and O–H groups in total. The molecule has 1 unspecified atom stereocenters. The van der Waals surface area contributed by atoms with Crippen LogP contribution in [0, 0.1) is 5.92 Å². The van der Waals surface area contributed by atoms with E-state index >= 15 is 0 Å². The maximum atomic E-state index is 11.8. The van der Waals surface area contributed by atoms with Crippen molar-refractivity contribution in [3.63, 3.8) is 0 Å². The standard InChI is InChI=1S/C18H29N5O/c1-13(2)21-18(24)8-5-14-4-3-9-23(11-14)17-10-16(19-12-20-17)22-15-6-7-15/h10,12-15H,3-9,11H2,1-2H3,(H,21,24)(H,19,20,22). The van der Waals surface area contributed by atoms with Gasteiger partial charge in [-0.05, 0) is 51.9 Å². The zero-order valence-electron chi connectivity index (χ0n) is 14.8. The number of hydrogen-bond acceptors (Lipinski definition) is 5. The molecule has 0 bridgehead atoms. The van der Waals surface area contributed by atoms with Gasteiger partial charge in [-0.15, -0.1) is 0 Å². The summed E-state index contributed by atoms with van der Waals surface area (Å²) in [5, 5.41) is 6.41. The quantitative estimate of drug-likeness (QED) is 0.803. The van der Waals surface area contributed by atoms with Crippen LogP contribution in [0.5, 0.6) is 0 Å². The van der Waals surface area contributed by atoms with E-state index in [0.29, 0.717) is 18.4 Å². The Kier molecular flexibility index (Phi) is 5.53. The molecule has 2 heterocycles. The van der Waals surface area contributed by atoms with E-state index in [4.69, 9.17) is 0 Å². The summed E-state index contributed by atoms with van der Waals surface area (Å²) in [6, 6.07) is 2.88. The maximum absolute atomic E-state index is 11.8. The third-order valence-corrected chi connectivity index (χ3v) is 4.65. The minimum absolute atomic E-state index is 0.167. The summed E-state index contributed by atoms with van der Waals surface area (Å²) < 4.78 is 0. The Balaban J connectivity index is 1.52. The Morgan fingerprint density at radius 2 is 2.17 bits per heavy atom. The van der Waals surface area contributed by atoms with Gasteiger partial charge in [-0.3, -0.25) is 4.79 Å². The van der Waals surface area contributed by atoms with Gasteiger partial charge in [0.2, 0.25) is 5.91 Å². The molecule has 1 aliphatic heterocycles. The van der Waals surface area contributed by atoms with Crippen LogP contribution < -0.4 is 15.5 Å². The van der Waals surface area contributed by atoms with E-state index in [0.717, 1.165) is 37.6 Å². The van der Waals surface area contributed by atoms with Crippen LogP contribution in [0.1, 0.15) is 52.4 Å². The fourth-order valence-corrected chi connectivity index (χ4v) is 3.27. The zero-order chi connectivity index (χ0) is 16.9. The lowest BCUT2D eigenvalue weighted by Gasteiger charge is -2.33. The first-order valence-corrected chi connectivity index (χ1v) is 9.23. The van der Waals surface area contributed by atoms with Gasteiger partial charge in [0.15, 0.2) is 0 Å². The number of piperidine rings is 1. The van der Waals surface area contributed by atoms with Gasteiger partial charge >= 0.3 is 0 Å². The monoisotopic (exact) mass is 331 g/mol. The normalized spacial score (nSPS) is 21.0. The van der Waals surface area contributed by atoms with Crippen LogP contribution in [0.4, 0.5) is 11.6 Å². The molecule has 1 saturated heterocycles. The molecule has 0 radical (unpaired) electrons. The third-order valence-electron chi connectivity index (χ3n) is 4.65. The first kappa shape index (κ1) is 17.0. The van der Waals surface area contributed by atoms with Gasteiger partial charge < -0.3 is 15.5 Å². The van der Waals surface area contributed by atoms with Crippen molar-refractivity contribution >= 4 is 17.5 Å². The Hall–Kier alpha value is -1.85. The van der Waals surface area contributed by atoms with E-state index in [1.165, 1.54) is 19.3 Å². The Morgan fingerprint density at radius 1 is 1.33 bits per heavy atom. The molecule has 24 heavy (non-hydrogen) atoms. The zero-order valence-corrected chi connectivity index (χ0v) is 14.8. The number of nitrogens with one attached hydrogen (secondary N) is 2. The van der Waals surface area contributed by atoms with Crippen molar-refractivity contribution in [3.05, 3.63) is 12.4 Å². The molecular formula is C18H29N5O. The Labute approximate surface area is 144 Å². The lowest BCUT2D eigenvalue weighted by molar-refractivity contribution is -0.121. The summed E-state index contributed by atoms with van der Waals surface area (Å²) in [6.07, 6.45) is 8.06. The second-order valence-electron chi connectivity index (χ2n) is 7.40. The molecule has 0 spiro atoms. The van der Waals surface area contributed by atoms with Crippen LogP contribution in [0.3, 0.4) is 0 Å². The largest absolute Gasteiger partial charge is 0.367 e. The van der Waals surface area contributed by atoms with E-state index < -0.39 is 0 Å². The van der Waals surface area contributed by atoms with Crippen molar-refractivity contribution in [2.45, 2.75) is 64.5 Å². The number of rotatable bonds is 7. The highest BCUT2D eigenvalue weighted by molar-refractivity contribution is 5.76. The van der Waals surface area contributed by atoms with E-state index in [1.807, 2.05) is 13.8 Å². The summed E-state index contributed by atoms with van der Waals surface area (Å²) >= 11 is 0. The van der Waals surface area contributed by atoms with Crippen LogP contribution in [0.15, 0.2) is 12.4 Å². The van der Waals surface area contributed by atoms with Crippen molar-refractivity contribution in [1.29, 1.82) is 0 Å². The summed E-state index contributed by atoms with van der Waals surface area (Å²) in [4.78, 5) is 23.0. The number of amides is 1.